The van der Waals surface area contributed by atoms with Gasteiger partial charge in [0.15, 0.2) is 0 Å². The Morgan fingerprint density at radius 1 is 1.16 bits per heavy atom. The summed E-state index contributed by atoms with van der Waals surface area (Å²) in [7, 11) is 0. The summed E-state index contributed by atoms with van der Waals surface area (Å²) in [6, 6.07) is 10.3. The minimum atomic E-state index is -0.347. The van der Waals surface area contributed by atoms with Gasteiger partial charge in [0.25, 0.3) is 5.91 Å². The smallest absolute Gasteiger partial charge is 0.274 e. The quantitative estimate of drug-likeness (QED) is 0.832. The van der Waals surface area contributed by atoms with E-state index in [9.17, 15) is 9.59 Å². The second kappa shape index (κ2) is 7.40. The molecule has 1 aliphatic rings. The molecule has 8 heteroatoms. The zero-order valence-corrected chi connectivity index (χ0v) is 13.4. The third-order valence-electron chi connectivity index (χ3n) is 3.94. The second-order valence-electron chi connectivity index (χ2n) is 5.53. The Balaban J connectivity index is 1.69. The van der Waals surface area contributed by atoms with Crippen molar-refractivity contribution in [2.75, 3.05) is 36.4 Å². The topological polar surface area (TPSA) is 102 Å². The van der Waals surface area contributed by atoms with Gasteiger partial charge in [0.2, 0.25) is 6.41 Å². The summed E-state index contributed by atoms with van der Waals surface area (Å²) in [4.78, 5) is 35.1. The van der Waals surface area contributed by atoms with Gasteiger partial charge in [-0.05, 0) is 24.3 Å². The molecule has 0 aliphatic carbocycles. The number of hydrogen-bond acceptors (Lipinski definition) is 6. The van der Waals surface area contributed by atoms with E-state index in [-0.39, 0.29) is 11.6 Å². The number of benzene rings is 1. The molecule has 0 saturated carbocycles. The van der Waals surface area contributed by atoms with Crippen LogP contribution in [0.5, 0.6) is 0 Å². The van der Waals surface area contributed by atoms with Crippen molar-refractivity contribution in [3.05, 3.63) is 47.9 Å². The van der Waals surface area contributed by atoms with Gasteiger partial charge in [0, 0.05) is 37.9 Å². The van der Waals surface area contributed by atoms with E-state index >= 15 is 0 Å². The summed E-state index contributed by atoms with van der Waals surface area (Å²) in [5.41, 5.74) is 1.37. The van der Waals surface area contributed by atoms with Crippen molar-refractivity contribution in [3.8, 4) is 6.07 Å². The number of nitrogens with one attached hydrogen (secondary N) is 1. The molecule has 1 aliphatic heterocycles. The van der Waals surface area contributed by atoms with Crippen LogP contribution < -0.4 is 10.2 Å². The third-order valence-corrected chi connectivity index (χ3v) is 3.94. The zero-order chi connectivity index (χ0) is 17.6. The average Bonchev–Trinajstić information content (AvgIpc) is 2.68. The van der Waals surface area contributed by atoms with E-state index in [0.29, 0.717) is 43.2 Å². The van der Waals surface area contributed by atoms with E-state index in [1.165, 1.54) is 6.33 Å². The van der Waals surface area contributed by atoms with Crippen LogP contribution in [0, 0.1) is 11.3 Å². The molecule has 0 atom stereocenters. The van der Waals surface area contributed by atoms with Crippen LogP contribution in [0.2, 0.25) is 0 Å². The summed E-state index contributed by atoms with van der Waals surface area (Å²) in [5.74, 6) is 0.311. The molecule has 126 valence electrons. The first kappa shape index (κ1) is 16.4. The van der Waals surface area contributed by atoms with E-state index in [1.54, 1.807) is 35.2 Å². The Labute approximate surface area is 144 Å². The van der Waals surface area contributed by atoms with Gasteiger partial charge >= 0.3 is 0 Å². The maximum atomic E-state index is 12.4. The summed E-state index contributed by atoms with van der Waals surface area (Å²) in [6.07, 6.45) is 2.20. The lowest BCUT2D eigenvalue weighted by molar-refractivity contribution is -0.118. The lowest BCUT2D eigenvalue weighted by atomic mass is 10.2. The molecule has 1 N–H and O–H groups in total. The maximum absolute atomic E-state index is 12.4. The normalized spacial score (nSPS) is 13.9. The van der Waals surface area contributed by atoms with Crippen molar-refractivity contribution in [1.29, 1.82) is 5.26 Å². The summed E-state index contributed by atoms with van der Waals surface area (Å²) < 4.78 is 0. The fourth-order valence-corrected chi connectivity index (χ4v) is 2.52. The van der Waals surface area contributed by atoms with Gasteiger partial charge in [-0.1, -0.05) is 0 Å². The highest BCUT2D eigenvalue weighted by atomic mass is 16.2. The van der Waals surface area contributed by atoms with E-state index in [0.717, 1.165) is 6.41 Å². The molecule has 8 nitrogen and oxygen atoms in total. The number of anilines is 2. The highest BCUT2D eigenvalue weighted by Gasteiger charge is 2.18. The third kappa shape index (κ3) is 3.90. The standard InChI is InChI=1S/C17H16N6O2/c18-10-13-1-3-14(4-2-13)21-17(25)15-9-16(20-11-19-15)23-7-5-22(12-24)6-8-23/h1-4,9,11-12H,5-8H2,(H,21,25). The van der Waals surface area contributed by atoms with Crippen LogP contribution >= 0.6 is 0 Å². The molecule has 1 aromatic carbocycles. The van der Waals surface area contributed by atoms with Gasteiger partial charge in [0.1, 0.15) is 17.8 Å². The molecule has 1 fully saturated rings. The van der Waals surface area contributed by atoms with Gasteiger partial charge in [-0.25, -0.2) is 9.97 Å². The highest BCUT2D eigenvalue weighted by Crippen LogP contribution is 2.15. The van der Waals surface area contributed by atoms with Gasteiger partial charge in [-0.15, -0.1) is 0 Å². The Hall–Kier alpha value is -3.47. The molecule has 25 heavy (non-hydrogen) atoms. The molecule has 3 rings (SSSR count). The van der Waals surface area contributed by atoms with E-state index in [2.05, 4.69) is 15.3 Å². The maximum Gasteiger partial charge on any atom is 0.274 e. The van der Waals surface area contributed by atoms with Crippen molar-refractivity contribution in [2.45, 2.75) is 0 Å². The average molecular weight is 336 g/mol. The first-order valence-corrected chi connectivity index (χ1v) is 7.77. The van der Waals surface area contributed by atoms with Crippen molar-refractivity contribution >= 4 is 23.8 Å². The summed E-state index contributed by atoms with van der Waals surface area (Å²) >= 11 is 0. The molecule has 2 heterocycles. The SMILES string of the molecule is N#Cc1ccc(NC(=O)c2cc(N3CCN(C=O)CC3)ncn2)cc1. The lowest BCUT2D eigenvalue weighted by Crippen LogP contribution is -2.46. The van der Waals surface area contributed by atoms with Crippen molar-refractivity contribution < 1.29 is 9.59 Å². The molecule has 0 unspecified atom stereocenters. The number of rotatable bonds is 4. The van der Waals surface area contributed by atoms with E-state index in [4.69, 9.17) is 5.26 Å². The van der Waals surface area contributed by atoms with E-state index in [1.807, 2.05) is 11.0 Å². The molecule has 0 spiro atoms. The Morgan fingerprint density at radius 2 is 1.88 bits per heavy atom. The Kier molecular flexibility index (Phi) is 4.85. The summed E-state index contributed by atoms with van der Waals surface area (Å²) in [6.45, 7) is 2.57. The van der Waals surface area contributed by atoms with Crippen LogP contribution in [-0.2, 0) is 4.79 Å². The predicted molar refractivity (Wildman–Crippen MR) is 91.0 cm³/mol. The monoisotopic (exact) mass is 336 g/mol. The van der Waals surface area contributed by atoms with Crippen LogP contribution in [0.15, 0.2) is 36.7 Å². The number of aromatic nitrogens is 2. The van der Waals surface area contributed by atoms with Gasteiger partial charge in [-0.3, -0.25) is 9.59 Å². The van der Waals surface area contributed by atoms with Gasteiger partial charge in [0.05, 0.1) is 11.6 Å². The number of hydrogen-bond donors (Lipinski definition) is 1. The fourth-order valence-electron chi connectivity index (χ4n) is 2.52. The van der Waals surface area contributed by atoms with Gasteiger partial charge in [-0.2, -0.15) is 5.26 Å². The largest absolute Gasteiger partial charge is 0.353 e. The fraction of sp³-hybridized carbons (Fsp3) is 0.235. The number of nitrogens with zero attached hydrogens (tertiary/aromatic N) is 5. The highest BCUT2D eigenvalue weighted by molar-refractivity contribution is 6.03. The number of nitriles is 1. The van der Waals surface area contributed by atoms with Crippen LogP contribution in [0.4, 0.5) is 11.5 Å². The minimum Gasteiger partial charge on any atom is -0.353 e. The number of piperazine rings is 1. The second-order valence-corrected chi connectivity index (χ2v) is 5.53. The molecule has 2 aromatic rings. The summed E-state index contributed by atoms with van der Waals surface area (Å²) in [5, 5.41) is 11.5. The van der Waals surface area contributed by atoms with Crippen molar-refractivity contribution in [1.82, 2.24) is 14.9 Å². The molecule has 0 bridgehead atoms. The number of carbonyl (C=O) groups is 2. The van der Waals surface area contributed by atoms with Crippen molar-refractivity contribution in [3.63, 3.8) is 0 Å². The molecular formula is C17H16N6O2. The van der Waals surface area contributed by atoms with Crippen LogP contribution in [0.1, 0.15) is 16.1 Å². The Bertz CT molecular complexity index is 807. The molecule has 2 amide bonds. The Morgan fingerprint density at radius 3 is 2.52 bits per heavy atom. The predicted octanol–water partition coefficient (Wildman–Crippen LogP) is 0.879. The molecule has 1 aromatic heterocycles. The molecular weight excluding hydrogens is 320 g/mol. The molecule has 0 radical (unpaired) electrons. The van der Waals surface area contributed by atoms with Crippen LogP contribution in [0.25, 0.3) is 0 Å². The first-order valence-electron chi connectivity index (χ1n) is 7.77. The van der Waals surface area contributed by atoms with Crippen LogP contribution in [-0.4, -0.2) is 53.4 Å². The number of amides is 2. The van der Waals surface area contributed by atoms with E-state index < -0.39 is 0 Å². The van der Waals surface area contributed by atoms with Crippen molar-refractivity contribution in [2.24, 2.45) is 0 Å². The minimum absolute atomic E-state index is 0.257. The van der Waals surface area contributed by atoms with Gasteiger partial charge < -0.3 is 15.1 Å². The van der Waals surface area contributed by atoms with Crippen LogP contribution in [0.3, 0.4) is 0 Å². The lowest BCUT2D eigenvalue weighted by Gasteiger charge is -2.33. The number of carbonyl (C=O) groups excluding carboxylic acids is 2. The molecule has 1 saturated heterocycles. The first-order chi connectivity index (χ1) is 12.2. The zero-order valence-electron chi connectivity index (χ0n) is 13.4.